The Kier molecular flexibility index (Phi) is 9.53. The molecule has 0 spiro atoms. The van der Waals surface area contributed by atoms with Gasteiger partial charge in [-0.25, -0.2) is 0 Å². The SMILES string of the molecule is CO[C@H]1OC[C@@H](C(=O)N(c2ccc(C(C)(C)C)cc2)C(C(=O)N[C@@H]2c3ccccc3C[C@@H]2O)c2cccnc2)C(C)CC1C. The Hall–Kier alpha value is -3.59. The van der Waals surface area contributed by atoms with Gasteiger partial charge >= 0.3 is 0 Å². The molecule has 1 aliphatic heterocycles. The van der Waals surface area contributed by atoms with Gasteiger partial charge in [-0.15, -0.1) is 0 Å². The van der Waals surface area contributed by atoms with Gasteiger partial charge in [-0.05, 0) is 52.6 Å². The number of nitrogens with one attached hydrogen (secondary N) is 1. The molecule has 0 saturated carbocycles. The van der Waals surface area contributed by atoms with E-state index in [1.54, 1.807) is 30.5 Å². The van der Waals surface area contributed by atoms with E-state index in [9.17, 15) is 14.7 Å². The topological polar surface area (TPSA) is 101 Å². The lowest BCUT2D eigenvalue weighted by molar-refractivity contribution is -0.154. The number of aliphatic hydroxyl groups excluding tert-OH is 1. The summed E-state index contributed by atoms with van der Waals surface area (Å²) in [5, 5.41) is 14.1. The Morgan fingerprint density at radius 3 is 2.43 bits per heavy atom. The highest BCUT2D eigenvalue weighted by Crippen LogP contribution is 2.37. The molecular formula is C36H45N3O5. The van der Waals surface area contributed by atoms with E-state index in [0.29, 0.717) is 17.7 Å². The highest BCUT2D eigenvalue weighted by Gasteiger charge is 2.42. The molecule has 7 atom stereocenters. The van der Waals surface area contributed by atoms with Gasteiger partial charge in [0.05, 0.1) is 24.7 Å². The number of fused-ring (bicyclic) bond motifs is 1. The first kappa shape index (κ1) is 31.8. The molecule has 2 heterocycles. The van der Waals surface area contributed by atoms with Gasteiger partial charge in [-0.3, -0.25) is 19.5 Å². The minimum absolute atomic E-state index is 0.0184. The van der Waals surface area contributed by atoms with Gasteiger partial charge in [0.1, 0.15) is 6.04 Å². The molecule has 2 N–H and O–H groups in total. The number of anilines is 1. The molecule has 2 aromatic carbocycles. The number of amides is 2. The first-order valence-corrected chi connectivity index (χ1v) is 15.5. The van der Waals surface area contributed by atoms with Crippen molar-refractivity contribution in [3.63, 3.8) is 0 Å². The van der Waals surface area contributed by atoms with E-state index < -0.39 is 36.3 Å². The number of hydrogen-bond donors (Lipinski definition) is 2. The van der Waals surface area contributed by atoms with Gasteiger partial charge in [0.15, 0.2) is 6.29 Å². The second-order valence-corrected chi connectivity index (χ2v) is 13.4. The molecule has 3 unspecified atom stereocenters. The Balaban J connectivity index is 1.58. The van der Waals surface area contributed by atoms with E-state index in [-0.39, 0.29) is 29.8 Å². The van der Waals surface area contributed by atoms with Crippen LogP contribution in [0.25, 0.3) is 0 Å². The molecule has 8 nitrogen and oxygen atoms in total. The second kappa shape index (κ2) is 13.2. The van der Waals surface area contributed by atoms with Crippen molar-refractivity contribution in [2.24, 2.45) is 17.8 Å². The van der Waals surface area contributed by atoms with Crippen LogP contribution in [0.1, 0.15) is 75.4 Å². The maximum atomic E-state index is 14.8. The van der Waals surface area contributed by atoms with Crippen LogP contribution in [0.5, 0.6) is 0 Å². The van der Waals surface area contributed by atoms with Crippen molar-refractivity contribution >= 4 is 17.5 Å². The van der Waals surface area contributed by atoms with Crippen LogP contribution >= 0.6 is 0 Å². The molecule has 2 amide bonds. The van der Waals surface area contributed by atoms with Crippen LogP contribution in [-0.2, 0) is 30.9 Å². The highest BCUT2D eigenvalue weighted by atomic mass is 16.7. The van der Waals surface area contributed by atoms with Crippen LogP contribution < -0.4 is 10.2 Å². The van der Waals surface area contributed by atoms with Crippen LogP contribution in [0.4, 0.5) is 5.69 Å². The lowest BCUT2D eigenvalue weighted by atomic mass is 9.85. The number of pyridine rings is 1. The maximum absolute atomic E-state index is 14.8. The van der Waals surface area contributed by atoms with E-state index >= 15 is 0 Å². The smallest absolute Gasteiger partial charge is 0.248 e. The number of benzene rings is 2. The Morgan fingerprint density at radius 1 is 1.05 bits per heavy atom. The van der Waals surface area contributed by atoms with Crippen LogP contribution in [0.2, 0.25) is 0 Å². The van der Waals surface area contributed by atoms with Gasteiger partial charge in [0, 0.05) is 43.1 Å². The largest absolute Gasteiger partial charge is 0.390 e. The predicted molar refractivity (Wildman–Crippen MR) is 170 cm³/mol. The van der Waals surface area contributed by atoms with Crippen molar-refractivity contribution in [1.29, 1.82) is 0 Å². The number of nitrogens with zero attached hydrogens (tertiary/aromatic N) is 2. The molecule has 8 heteroatoms. The summed E-state index contributed by atoms with van der Waals surface area (Å²) in [6, 6.07) is 17.5. The molecule has 1 aromatic heterocycles. The summed E-state index contributed by atoms with van der Waals surface area (Å²) in [7, 11) is 1.62. The molecule has 2 aliphatic rings. The number of aliphatic hydroxyl groups is 1. The van der Waals surface area contributed by atoms with Crippen LogP contribution in [0.15, 0.2) is 73.1 Å². The first-order chi connectivity index (χ1) is 21.0. The third-order valence-corrected chi connectivity index (χ3v) is 9.14. The van der Waals surface area contributed by atoms with Crippen molar-refractivity contribution in [1.82, 2.24) is 10.3 Å². The van der Waals surface area contributed by atoms with E-state index in [0.717, 1.165) is 23.1 Å². The summed E-state index contributed by atoms with van der Waals surface area (Å²) in [6.07, 6.45) is 3.28. The van der Waals surface area contributed by atoms with Crippen molar-refractivity contribution in [3.8, 4) is 0 Å². The van der Waals surface area contributed by atoms with Crippen molar-refractivity contribution < 1.29 is 24.2 Å². The minimum Gasteiger partial charge on any atom is -0.390 e. The number of carbonyl (C=O) groups excluding carboxylic acids is 2. The fraction of sp³-hybridized carbons (Fsp3) is 0.472. The van der Waals surface area contributed by atoms with E-state index in [2.05, 4.69) is 44.9 Å². The van der Waals surface area contributed by atoms with Crippen LogP contribution in [-0.4, -0.2) is 48.0 Å². The summed E-state index contributed by atoms with van der Waals surface area (Å²) in [6.45, 7) is 10.7. The van der Waals surface area contributed by atoms with E-state index in [1.807, 2.05) is 54.6 Å². The molecule has 0 bridgehead atoms. The fourth-order valence-corrected chi connectivity index (χ4v) is 6.64. The normalized spacial score (nSPS) is 25.9. The average Bonchev–Trinajstić information content (AvgIpc) is 3.23. The summed E-state index contributed by atoms with van der Waals surface area (Å²) in [5.74, 6) is -1.02. The van der Waals surface area contributed by atoms with Gasteiger partial charge in [0.25, 0.3) is 0 Å². The highest BCUT2D eigenvalue weighted by molar-refractivity contribution is 6.02. The van der Waals surface area contributed by atoms with Gasteiger partial charge in [-0.1, -0.05) is 77.1 Å². The second-order valence-electron chi connectivity index (χ2n) is 13.4. The molecule has 3 aromatic rings. The number of hydrogen-bond acceptors (Lipinski definition) is 6. The van der Waals surface area contributed by atoms with Gasteiger partial charge in [-0.2, -0.15) is 0 Å². The van der Waals surface area contributed by atoms with Crippen LogP contribution in [0, 0.1) is 17.8 Å². The Bertz CT molecular complexity index is 1440. The lowest BCUT2D eigenvalue weighted by Gasteiger charge is -2.36. The fourth-order valence-electron chi connectivity index (χ4n) is 6.64. The van der Waals surface area contributed by atoms with Gasteiger partial charge < -0.3 is 19.9 Å². The summed E-state index contributed by atoms with van der Waals surface area (Å²) >= 11 is 0. The van der Waals surface area contributed by atoms with Crippen molar-refractivity contribution in [3.05, 3.63) is 95.3 Å². The first-order valence-electron chi connectivity index (χ1n) is 15.5. The molecule has 44 heavy (non-hydrogen) atoms. The quantitative estimate of drug-likeness (QED) is 0.372. The van der Waals surface area contributed by atoms with Crippen LogP contribution in [0.3, 0.4) is 0 Å². The third-order valence-electron chi connectivity index (χ3n) is 9.14. The zero-order valence-electron chi connectivity index (χ0n) is 26.6. The van der Waals surface area contributed by atoms with E-state index in [1.165, 1.54) is 0 Å². The van der Waals surface area contributed by atoms with Gasteiger partial charge in [0.2, 0.25) is 11.8 Å². The number of aromatic nitrogens is 1. The molecule has 234 valence electrons. The summed E-state index contributed by atoms with van der Waals surface area (Å²) < 4.78 is 11.7. The zero-order chi connectivity index (χ0) is 31.6. The number of methoxy groups -OCH3 is 1. The third kappa shape index (κ3) is 6.58. The number of rotatable bonds is 7. The molecule has 0 radical (unpaired) electrons. The molecular weight excluding hydrogens is 554 g/mol. The maximum Gasteiger partial charge on any atom is 0.248 e. The summed E-state index contributed by atoms with van der Waals surface area (Å²) in [5.41, 5.74) is 4.09. The van der Waals surface area contributed by atoms with Crippen molar-refractivity contribution in [2.45, 2.75) is 77.4 Å². The number of ether oxygens (including phenoxy) is 2. The Morgan fingerprint density at radius 2 is 1.77 bits per heavy atom. The van der Waals surface area contributed by atoms with Crippen molar-refractivity contribution in [2.75, 3.05) is 18.6 Å². The zero-order valence-corrected chi connectivity index (χ0v) is 26.6. The minimum atomic E-state index is -1.04. The average molecular weight is 600 g/mol. The van der Waals surface area contributed by atoms with E-state index in [4.69, 9.17) is 9.47 Å². The molecule has 1 fully saturated rings. The monoisotopic (exact) mass is 599 g/mol. The predicted octanol–water partition coefficient (Wildman–Crippen LogP) is 5.51. The molecule has 5 rings (SSSR count). The standard InChI is InChI=1S/C36H45N3O5/c1-22-18-23(2)35(43-6)44-21-29(22)34(42)39(27-15-13-26(14-16-27)36(3,4)5)32(25-11-9-17-37-20-25)33(41)38-31-28-12-8-7-10-24(28)19-30(31)40/h7-17,20,22-23,29-32,35,40H,18-19,21H2,1-6H3,(H,38,41)/t22?,23?,29-,30+,31-,32?,35+/m1/s1. The summed E-state index contributed by atoms with van der Waals surface area (Å²) in [4.78, 5) is 35.2. The molecule has 1 saturated heterocycles. The Labute approximate surface area is 260 Å². The molecule has 1 aliphatic carbocycles. The lowest BCUT2D eigenvalue weighted by Crippen LogP contribution is -2.49. The number of carbonyl (C=O) groups is 2.